The predicted octanol–water partition coefficient (Wildman–Crippen LogP) is 4.99. The summed E-state index contributed by atoms with van der Waals surface area (Å²) >= 11 is 0. The fourth-order valence-corrected chi connectivity index (χ4v) is 2.98. The van der Waals surface area contributed by atoms with Gasteiger partial charge in [-0.2, -0.15) is 0 Å². The zero-order valence-electron chi connectivity index (χ0n) is 16.9. The highest BCUT2D eigenvalue weighted by atomic mass is 16.5. The lowest BCUT2D eigenvalue weighted by molar-refractivity contribution is -0.125. The van der Waals surface area contributed by atoms with E-state index in [1.807, 2.05) is 25.1 Å². The highest BCUT2D eigenvalue weighted by Crippen LogP contribution is 2.22. The number of hydrogen-bond acceptors (Lipinski definition) is 4. The van der Waals surface area contributed by atoms with Crippen LogP contribution in [-0.4, -0.2) is 17.7 Å². The van der Waals surface area contributed by atoms with Crippen LogP contribution in [0.25, 0.3) is 0 Å². The fourth-order valence-electron chi connectivity index (χ4n) is 2.98. The first-order valence-electron chi connectivity index (χ1n) is 9.74. The molecule has 0 aliphatic carbocycles. The van der Waals surface area contributed by atoms with E-state index in [0.717, 1.165) is 12.0 Å². The summed E-state index contributed by atoms with van der Waals surface area (Å²) in [4.78, 5) is 37.3. The van der Waals surface area contributed by atoms with Crippen LogP contribution in [0.5, 0.6) is 0 Å². The van der Waals surface area contributed by atoms with Crippen LogP contribution in [0.2, 0.25) is 0 Å². The summed E-state index contributed by atoms with van der Waals surface area (Å²) in [5.41, 5.74) is 2.97. The lowest BCUT2D eigenvalue weighted by Crippen LogP contribution is -2.26. The number of hydrogen-bond donors (Lipinski definition) is 1. The largest absolute Gasteiger partial charge is 0.444 e. The smallest absolute Gasteiger partial charge is 0.339 e. The number of ether oxygens (including phenoxy) is 1. The number of nitrogens with one attached hydrogen (secondary N) is 1. The van der Waals surface area contributed by atoms with Gasteiger partial charge >= 0.3 is 5.97 Å². The molecule has 0 aromatic heterocycles. The van der Waals surface area contributed by atoms with Crippen LogP contribution in [0.4, 0.5) is 5.69 Å². The summed E-state index contributed by atoms with van der Waals surface area (Å²) in [6.07, 6.45) is -0.269. The minimum atomic E-state index is -1.13. The molecule has 0 radical (unpaired) electrons. The van der Waals surface area contributed by atoms with Gasteiger partial charge in [0.05, 0.1) is 5.56 Å². The summed E-state index contributed by atoms with van der Waals surface area (Å²) in [5.74, 6) is -1.19. The molecule has 0 unspecified atom stereocenters. The molecule has 3 aromatic carbocycles. The number of ketones is 1. The zero-order chi connectivity index (χ0) is 21.5. The van der Waals surface area contributed by atoms with Crippen molar-refractivity contribution in [2.24, 2.45) is 0 Å². The van der Waals surface area contributed by atoms with Gasteiger partial charge in [0, 0.05) is 16.8 Å². The van der Waals surface area contributed by atoms with Gasteiger partial charge in [-0.3, -0.25) is 9.59 Å². The van der Waals surface area contributed by atoms with Gasteiger partial charge in [-0.25, -0.2) is 4.79 Å². The summed E-state index contributed by atoms with van der Waals surface area (Å²) in [7, 11) is 0. The second-order valence-corrected chi connectivity index (χ2v) is 6.87. The molecule has 0 saturated heterocycles. The van der Waals surface area contributed by atoms with Crippen molar-refractivity contribution in [1.29, 1.82) is 0 Å². The van der Waals surface area contributed by atoms with Crippen LogP contribution in [0.15, 0.2) is 78.9 Å². The quantitative estimate of drug-likeness (QED) is 0.447. The van der Waals surface area contributed by atoms with Crippen molar-refractivity contribution in [2.75, 3.05) is 5.32 Å². The number of Topliss-reactive ketones (excluding diaryl/α,β-unsaturated/α-hetero) is 1. The molecule has 0 aliphatic heterocycles. The Morgan fingerprint density at radius 2 is 1.57 bits per heavy atom. The Labute approximate surface area is 175 Å². The molecular weight excluding hydrogens is 378 g/mol. The lowest BCUT2D eigenvalue weighted by atomic mass is 10.1. The molecular formula is C25H23NO4. The molecule has 0 heterocycles. The Bertz CT molecular complexity index is 1040. The van der Waals surface area contributed by atoms with E-state index in [9.17, 15) is 14.4 Å². The molecule has 5 nitrogen and oxygen atoms in total. The van der Waals surface area contributed by atoms with Crippen molar-refractivity contribution in [1.82, 2.24) is 0 Å². The molecule has 3 rings (SSSR count). The third-order valence-electron chi connectivity index (χ3n) is 4.70. The highest BCUT2D eigenvalue weighted by Gasteiger charge is 2.26. The average Bonchev–Trinajstić information content (AvgIpc) is 2.78. The van der Waals surface area contributed by atoms with Crippen molar-refractivity contribution in [3.63, 3.8) is 0 Å². The van der Waals surface area contributed by atoms with Crippen LogP contribution >= 0.6 is 0 Å². The third-order valence-corrected chi connectivity index (χ3v) is 4.70. The van der Waals surface area contributed by atoms with Gasteiger partial charge in [0.15, 0.2) is 5.78 Å². The number of anilines is 1. The summed E-state index contributed by atoms with van der Waals surface area (Å²) in [5, 5.41) is 2.74. The van der Waals surface area contributed by atoms with E-state index in [1.54, 1.807) is 60.7 Å². The highest BCUT2D eigenvalue weighted by molar-refractivity contribution is 6.00. The molecule has 3 aromatic rings. The van der Waals surface area contributed by atoms with Gasteiger partial charge < -0.3 is 10.1 Å². The minimum absolute atomic E-state index is 0.104. The minimum Gasteiger partial charge on any atom is -0.444 e. The summed E-state index contributed by atoms with van der Waals surface area (Å²) < 4.78 is 5.59. The SMILES string of the molecule is CCc1ccc(C(=O)O[C@@H](C(=O)Nc2cccc(C(C)=O)c2)c2ccccc2)cc1. The second-order valence-electron chi connectivity index (χ2n) is 6.87. The van der Waals surface area contributed by atoms with Crippen molar-refractivity contribution in [3.8, 4) is 0 Å². The monoisotopic (exact) mass is 401 g/mol. The van der Waals surface area contributed by atoms with Crippen LogP contribution in [0.1, 0.15) is 51.8 Å². The topological polar surface area (TPSA) is 72.5 Å². The maximum absolute atomic E-state index is 13.0. The van der Waals surface area contributed by atoms with Crippen LogP contribution in [0.3, 0.4) is 0 Å². The lowest BCUT2D eigenvalue weighted by Gasteiger charge is -2.18. The normalized spacial score (nSPS) is 11.4. The molecule has 0 fully saturated rings. The maximum Gasteiger partial charge on any atom is 0.339 e. The Morgan fingerprint density at radius 3 is 2.20 bits per heavy atom. The van der Waals surface area contributed by atoms with Crippen molar-refractivity contribution < 1.29 is 19.1 Å². The van der Waals surface area contributed by atoms with Gasteiger partial charge in [-0.15, -0.1) is 0 Å². The van der Waals surface area contributed by atoms with E-state index in [1.165, 1.54) is 6.92 Å². The van der Waals surface area contributed by atoms with Gasteiger partial charge in [-0.1, -0.05) is 61.5 Å². The van der Waals surface area contributed by atoms with Gasteiger partial charge in [0.25, 0.3) is 5.91 Å². The number of carbonyl (C=O) groups excluding carboxylic acids is 3. The number of carbonyl (C=O) groups is 3. The number of amides is 1. The Balaban J connectivity index is 1.83. The Morgan fingerprint density at radius 1 is 0.867 bits per heavy atom. The number of benzene rings is 3. The van der Waals surface area contributed by atoms with Crippen molar-refractivity contribution in [2.45, 2.75) is 26.4 Å². The van der Waals surface area contributed by atoms with Crippen LogP contribution < -0.4 is 5.32 Å². The second kappa shape index (κ2) is 9.65. The first-order chi connectivity index (χ1) is 14.5. The van der Waals surface area contributed by atoms with Gasteiger partial charge in [0.1, 0.15) is 0 Å². The number of esters is 1. The number of aryl methyl sites for hydroxylation is 1. The Kier molecular flexibility index (Phi) is 6.75. The first kappa shape index (κ1) is 21.0. The Hall–Kier alpha value is -3.73. The molecule has 0 saturated carbocycles. The fraction of sp³-hybridized carbons (Fsp3) is 0.160. The molecule has 1 N–H and O–H groups in total. The first-order valence-corrected chi connectivity index (χ1v) is 9.74. The zero-order valence-corrected chi connectivity index (χ0v) is 16.9. The van der Waals surface area contributed by atoms with E-state index >= 15 is 0 Å². The molecule has 0 spiro atoms. The third kappa shape index (κ3) is 5.20. The van der Waals surface area contributed by atoms with Gasteiger partial charge in [-0.05, 0) is 43.2 Å². The van der Waals surface area contributed by atoms with E-state index in [-0.39, 0.29) is 5.78 Å². The van der Waals surface area contributed by atoms with Gasteiger partial charge in [0.2, 0.25) is 6.10 Å². The molecule has 30 heavy (non-hydrogen) atoms. The standard InChI is InChI=1S/C25H23NO4/c1-3-18-12-14-20(15-13-18)25(29)30-23(19-8-5-4-6-9-19)24(28)26-22-11-7-10-21(16-22)17(2)27/h4-16,23H,3H2,1-2H3,(H,26,28)/t23-/m1/s1. The predicted molar refractivity (Wildman–Crippen MR) is 115 cm³/mol. The average molecular weight is 401 g/mol. The molecule has 0 bridgehead atoms. The van der Waals surface area contributed by atoms with E-state index in [2.05, 4.69) is 5.32 Å². The van der Waals surface area contributed by atoms with E-state index in [4.69, 9.17) is 4.74 Å². The maximum atomic E-state index is 13.0. The van der Waals surface area contributed by atoms with Crippen molar-refractivity contribution >= 4 is 23.3 Å². The summed E-state index contributed by atoms with van der Waals surface area (Å²) in [6, 6.07) is 22.6. The molecule has 152 valence electrons. The van der Waals surface area contributed by atoms with Crippen LogP contribution in [-0.2, 0) is 16.0 Å². The van der Waals surface area contributed by atoms with E-state index in [0.29, 0.717) is 22.4 Å². The van der Waals surface area contributed by atoms with Crippen LogP contribution in [0, 0.1) is 0 Å². The molecule has 5 heteroatoms. The molecule has 1 atom stereocenters. The van der Waals surface area contributed by atoms with Crippen molar-refractivity contribution in [3.05, 3.63) is 101 Å². The van der Waals surface area contributed by atoms with E-state index < -0.39 is 18.0 Å². The summed E-state index contributed by atoms with van der Waals surface area (Å²) in [6.45, 7) is 3.49. The molecule has 1 amide bonds. The number of rotatable bonds is 7. The molecule has 0 aliphatic rings.